The van der Waals surface area contributed by atoms with Crippen LogP contribution in [0.3, 0.4) is 0 Å². The molecule has 27 heavy (non-hydrogen) atoms. The molecule has 2 fully saturated rings. The number of carbonyl (C=O) groups is 1. The number of carbonyl (C=O) groups excluding carboxylic acids is 1. The molecule has 0 unspecified atom stereocenters. The molecule has 0 bridgehead atoms. The highest BCUT2D eigenvalue weighted by atomic mass is 35.5. The Balaban J connectivity index is 1.48. The Morgan fingerprint density at radius 3 is 2.33 bits per heavy atom. The Hall–Kier alpha value is -2.08. The summed E-state index contributed by atoms with van der Waals surface area (Å²) in [5, 5.41) is 5.20. The standard InChI is InChI=1S/C20H25ClN4O2/c1-23-20(27)25(17-4-2-3-5-17)18(22-23)14-10-12-24(13-11-14)19(26)15-6-8-16(21)9-7-15/h6-9,14,17H,2-5,10-13H2,1H3. The van der Waals surface area contributed by atoms with E-state index in [1.165, 1.54) is 17.5 Å². The first kappa shape index (κ1) is 18.3. The predicted molar refractivity (Wildman–Crippen MR) is 104 cm³/mol. The number of hydrogen-bond acceptors (Lipinski definition) is 3. The van der Waals surface area contributed by atoms with Crippen LogP contribution in [0.15, 0.2) is 29.1 Å². The van der Waals surface area contributed by atoms with Gasteiger partial charge in [-0.2, -0.15) is 5.10 Å². The van der Waals surface area contributed by atoms with Crippen molar-refractivity contribution in [1.29, 1.82) is 0 Å². The second kappa shape index (κ2) is 7.50. The largest absolute Gasteiger partial charge is 0.345 e. The van der Waals surface area contributed by atoms with Gasteiger partial charge in [0.05, 0.1) is 0 Å². The van der Waals surface area contributed by atoms with E-state index in [4.69, 9.17) is 11.6 Å². The molecule has 0 radical (unpaired) electrons. The van der Waals surface area contributed by atoms with Gasteiger partial charge in [-0.1, -0.05) is 24.4 Å². The van der Waals surface area contributed by atoms with Crippen molar-refractivity contribution in [3.8, 4) is 0 Å². The Morgan fingerprint density at radius 1 is 1.07 bits per heavy atom. The second-order valence-electron chi connectivity index (χ2n) is 7.65. The van der Waals surface area contributed by atoms with Crippen LogP contribution in [0.2, 0.25) is 5.02 Å². The molecule has 144 valence electrons. The Labute approximate surface area is 163 Å². The van der Waals surface area contributed by atoms with Gasteiger partial charge in [0, 0.05) is 42.7 Å². The zero-order chi connectivity index (χ0) is 19.0. The number of aryl methyl sites for hydroxylation is 1. The van der Waals surface area contributed by atoms with Crippen molar-refractivity contribution in [2.45, 2.75) is 50.5 Å². The van der Waals surface area contributed by atoms with Gasteiger partial charge in [0.15, 0.2) is 0 Å². The number of nitrogens with zero attached hydrogens (tertiary/aromatic N) is 4. The summed E-state index contributed by atoms with van der Waals surface area (Å²) in [6, 6.07) is 7.32. The van der Waals surface area contributed by atoms with Gasteiger partial charge in [-0.25, -0.2) is 9.48 Å². The van der Waals surface area contributed by atoms with Gasteiger partial charge in [-0.05, 0) is 49.9 Å². The maximum Gasteiger partial charge on any atom is 0.345 e. The molecule has 2 aliphatic rings. The average Bonchev–Trinajstić information content (AvgIpc) is 3.30. The van der Waals surface area contributed by atoms with Crippen molar-refractivity contribution < 1.29 is 4.79 Å². The summed E-state index contributed by atoms with van der Waals surface area (Å²) in [4.78, 5) is 27.2. The lowest BCUT2D eigenvalue weighted by molar-refractivity contribution is 0.0709. The molecular formula is C20H25ClN4O2. The fourth-order valence-corrected chi connectivity index (χ4v) is 4.52. The van der Waals surface area contributed by atoms with Crippen LogP contribution in [0.4, 0.5) is 0 Å². The van der Waals surface area contributed by atoms with E-state index >= 15 is 0 Å². The first-order chi connectivity index (χ1) is 13.0. The molecule has 2 aromatic rings. The highest BCUT2D eigenvalue weighted by Gasteiger charge is 2.31. The van der Waals surface area contributed by atoms with Gasteiger partial charge in [0.2, 0.25) is 0 Å². The minimum absolute atomic E-state index is 0.00318. The van der Waals surface area contributed by atoms with E-state index in [1.807, 2.05) is 9.47 Å². The molecule has 1 saturated heterocycles. The third kappa shape index (κ3) is 3.55. The summed E-state index contributed by atoms with van der Waals surface area (Å²) >= 11 is 5.91. The number of amides is 1. The minimum Gasteiger partial charge on any atom is -0.339 e. The van der Waals surface area contributed by atoms with Crippen LogP contribution in [-0.4, -0.2) is 38.2 Å². The zero-order valence-electron chi connectivity index (χ0n) is 15.6. The van der Waals surface area contributed by atoms with Crippen LogP contribution in [-0.2, 0) is 7.05 Å². The van der Waals surface area contributed by atoms with Gasteiger partial charge < -0.3 is 4.90 Å². The zero-order valence-corrected chi connectivity index (χ0v) is 16.4. The summed E-state index contributed by atoms with van der Waals surface area (Å²) in [6.07, 6.45) is 6.16. The quantitative estimate of drug-likeness (QED) is 0.809. The SMILES string of the molecule is Cn1nc(C2CCN(C(=O)c3ccc(Cl)cc3)CC2)n(C2CCCC2)c1=O. The van der Waals surface area contributed by atoms with Gasteiger partial charge in [0.1, 0.15) is 5.82 Å². The summed E-state index contributed by atoms with van der Waals surface area (Å²) in [5.41, 5.74) is 0.662. The lowest BCUT2D eigenvalue weighted by atomic mass is 9.95. The summed E-state index contributed by atoms with van der Waals surface area (Å²) in [6.45, 7) is 1.36. The molecule has 0 spiro atoms. The van der Waals surface area contributed by atoms with Crippen molar-refractivity contribution >= 4 is 17.5 Å². The Morgan fingerprint density at radius 2 is 1.70 bits per heavy atom. The highest BCUT2D eigenvalue weighted by Crippen LogP contribution is 2.33. The number of aromatic nitrogens is 3. The first-order valence-corrected chi connectivity index (χ1v) is 10.1. The van der Waals surface area contributed by atoms with E-state index in [9.17, 15) is 9.59 Å². The van der Waals surface area contributed by atoms with Gasteiger partial charge in [-0.15, -0.1) is 0 Å². The van der Waals surface area contributed by atoms with E-state index in [1.54, 1.807) is 31.3 Å². The van der Waals surface area contributed by atoms with Crippen molar-refractivity contribution in [3.63, 3.8) is 0 Å². The maximum absolute atomic E-state index is 12.7. The predicted octanol–water partition coefficient (Wildman–Crippen LogP) is 3.37. The van der Waals surface area contributed by atoms with Gasteiger partial charge in [-0.3, -0.25) is 9.36 Å². The topological polar surface area (TPSA) is 60.1 Å². The molecular weight excluding hydrogens is 364 g/mol. The monoisotopic (exact) mass is 388 g/mol. The van der Waals surface area contributed by atoms with Crippen LogP contribution >= 0.6 is 11.6 Å². The van der Waals surface area contributed by atoms with E-state index < -0.39 is 0 Å². The number of halogens is 1. The summed E-state index contributed by atoms with van der Waals surface area (Å²) in [7, 11) is 1.73. The number of benzene rings is 1. The van der Waals surface area contributed by atoms with Crippen LogP contribution < -0.4 is 5.69 Å². The maximum atomic E-state index is 12.7. The summed E-state index contributed by atoms with van der Waals surface area (Å²) < 4.78 is 3.41. The molecule has 1 aromatic heterocycles. The molecule has 2 heterocycles. The van der Waals surface area contributed by atoms with Crippen LogP contribution in [0.25, 0.3) is 0 Å². The van der Waals surface area contributed by atoms with Crippen LogP contribution in [0.5, 0.6) is 0 Å². The smallest absolute Gasteiger partial charge is 0.339 e. The molecule has 0 atom stereocenters. The Kier molecular flexibility index (Phi) is 5.08. The molecule has 4 rings (SSSR count). The van der Waals surface area contributed by atoms with Crippen molar-refractivity contribution in [2.75, 3.05) is 13.1 Å². The van der Waals surface area contributed by atoms with Crippen molar-refractivity contribution in [2.24, 2.45) is 7.05 Å². The van der Waals surface area contributed by atoms with E-state index in [-0.39, 0.29) is 23.6 Å². The molecule has 6 nitrogen and oxygen atoms in total. The number of rotatable bonds is 3. The molecule has 0 N–H and O–H groups in total. The number of piperidine rings is 1. The minimum atomic E-state index is -0.00318. The summed E-state index contributed by atoms with van der Waals surface area (Å²) in [5.74, 6) is 1.18. The van der Waals surface area contributed by atoms with E-state index in [2.05, 4.69) is 5.10 Å². The second-order valence-corrected chi connectivity index (χ2v) is 8.08. The average molecular weight is 389 g/mol. The fraction of sp³-hybridized carbons (Fsp3) is 0.550. The molecule has 1 saturated carbocycles. The van der Waals surface area contributed by atoms with E-state index in [0.717, 1.165) is 31.5 Å². The first-order valence-electron chi connectivity index (χ1n) is 9.75. The van der Waals surface area contributed by atoms with Crippen LogP contribution in [0, 0.1) is 0 Å². The molecule has 1 amide bonds. The van der Waals surface area contributed by atoms with Crippen molar-refractivity contribution in [1.82, 2.24) is 19.2 Å². The number of likely N-dealkylation sites (tertiary alicyclic amines) is 1. The third-order valence-corrected chi connectivity index (χ3v) is 6.16. The normalized spacial score (nSPS) is 19.0. The Bertz CT molecular complexity index is 872. The molecule has 1 aromatic carbocycles. The number of hydrogen-bond donors (Lipinski definition) is 0. The lowest BCUT2D eigenvalue weighted by Gasteiger charge is -2.32. The molecule has 1 aliphatic carbocycles. The lowest BCUT2D eigenvalue weighted by Crippen LogP contribution is -2.38. The third-order valence-electron chi connectivity index (χ3n) is 5.91. The van der Waals surface area contributed by atoms with Gasteiger partial charge >= 0.3 is 5.69 Å². The van der Waals surface area contributed by atoms with E-state index in [0.29, 0.717) is 23.7 Å². The highest BCUT2D eigenvalue weighted by molar-refractivity contribution is 6.30. The van der Waals surface area contributed by atoms with Crippen molar-refractivity contribution in [3.05, 3.63) is 51.2 Å². The molecule has 7 heteroatoms. The van der Waals surface area contributed by atoms with Gasteiger partial charge in [0.25, 0.3) is 5.91 Å². The van der Waals surface area contributed by atoms with Crippen LogP contribution in [0.1, 0.15) is 66.7 Å². The fourth-order valence-electron chi connectivity index (χ4n) is 4.40. The molecule has 1 aliphatic heterocycles.